The lowest BCUT2D eigenvalue weighted by Gasteiger charge is -2.31. The minimum Gasteiger partial charge on any atom is -0.379 e. The van der Waals surface area contributed by atoms with Crippen LogP contribution in [0.4, 0.5) is 0 Å². The van der Waals surface area contributed by atoms with Crippen LogP contribution in [0, 0.1) is 6.92 Å². The van der Waals surface area contributed by atoms with Crippen LogP contribution < -0.4 is 0 Å². The van der Waals surface area contributed by atoms with E-state index in [1.165, 1.54) is 10.5 Å². The fourth-order valence-corrected chi connectivity index (χ4v) is 4.97. The van der Waals surface area contributed by atoms with Crippen molar-refractivity contribution in [2.24, 2.45) is 0 Å². The van der Waals surface area contributed by atoms with Crippen molar-refractivity contribution in [1.82, 2.24) is 20.0 Å². The Bertz CT molecular complexity index is 1090. The van der Waals surface area contributed by atoms with Gasteiger partial charge < -0.3 is 9.64 Å². The van der Waals surface area contributed by atoms with Crippen LogP contribution >= 0.6 is 11.8 Å². The lowest BCUT2D eigenvalue weighted by molar-refractivity contribution is 0.0316. The first-order valence-electron chi connectivity index (χ1n) is 11.1. The van der Waals surface area contributed by atoms with E-state index < -0.39 is 0 Å². The highest BCUT2D eigenvalue weighted by molar-refractivity contribution is 7.98. The molecule has 1 fully saturated rings. The van der Waals surface area contributed by atoms with Crippen LogP contribution in [-0.4, -0.2) is 71.6 Å². The van der Waals surface area contributed by atoms with Crippen LogP contribution in [0.3, 0.4) is 0 Å². The van der Waals surface area contributed by atoms with Crippen LogP contribution in [0.5, 0.6) is 0 Å². The second-order valence-electron chi connectivity index (χ2n) is 8.36. The standard InChI is InChI=1S/C25H28N4O2S/c1-17-3-5-18(6-4-17)22-21-23(27-26-22)25(30)29(12-11-28-13-15-31-16-14-28)24(21)19-7-9-20(32-2)10-8-19/h3-10,24H,11-16H2,1-2H3,(H,26,27). The number of hydrogen-bond acceptors (Lipinski definition) is 5. The number of ether oxygens (including phenoxy) is 1. The maximum Gasteiger partial charge on any atom is 0.273 e. The SMILES string of the molecule is CSc1ccc(C2c3c(-c4ccc(C)cc4)n[nH]c3C(=O)N2CCN2CCOCC2)cc1. The molecule has 6 nitrogen and oxygen atoms in total. The number of nitrogens with one attached hydrogen (secondary N) is 1. The minimum atomic E-state index is -0.149. The number of aryl methyl sites for hydroxylation is 1. The van der Waals surface area contributed by atoms with E-state index in [1.54, 1.807) is 11.8 Å². The number of aromatic nitrogens is 2. The van der Waals surface area contributed by atoms with Crippen LogP contribution in [0.1, 0.15) is 33.2 Å². The predicted octanol–water partition coefficient (Wildman–Crippen LogP) is 3.98. The van der Waals surface area contributed by atoms with E-state index in [2.05, 4.69) is 76.8 Å². The Labute approximate surface area is 192 Å². The third kappa shape index (κ3) is 3.96. The van der Waals surface area contributed by atoms with Gasteiger partial charge in [-0.2, -0.15) is 5.10 Å². The van der Waals surface area contributed by atoms with Crippen molar-refractivity contribution in [2.45, 2.75) is 17.9 Å². The van der Waals surface area contributed by atoms with Gasteiger partial charge in [0.05, 0.1) is 24.9 Å². The van der Waals surface area contributed by atoms with Crippen molar-refractivity contribution >= 4 is 17.7 Å². The molecule has 32 heavy (non-hydrogen) atoms. The molecule has 2 aliphatic rings. The number of rotatable bonds is 6. The number of carbonyl (C=O) groups is 1. The molecule has 0 bridgehead atoms. The summed E-state index contributed by atoms with van der Waals surface area (Å²) in [7, 11) is 0. The summed E-state index contributed by atoms with van der Waals surface area (Å²) >= 11 is 1.72. The number of H-pyrrole nitrogens is 1. The fourth-order valence-electron chi connectivity index (χ4n) is 4.57. The fraction of sp³-hybridized carbons (Fsp3) is 0.360. The number of hydrogen-bond donors (Lipinski definition) is 1. The largest absolute Gasteiger partial charge is 0.379 e. The highest BCUT2D eigenvalue weighted by Crippen LogP contribution is 2.42. The Kier molecular flexibility index (Phi) is 6.04. The van der Waals surface area contributed by atoms with Crippen LogP contribution in [0.15, 0.2) is 53.4 Å². The van der Waals surface area contributed by atoms with Gasteiger partial charge in [0.25, 0.3) is 5.91 Å². The zero-order chi connectivity index (χ0) is 22.1. The molecular formula is C25H28N4O2S. The summed E-state index contributed by atoms with van der Waals surface area (Å²) < 4.78 is 5.48. The minimum absolute atomic E-state index is 0.0260. The number of thioether (sulfide) groups is 1. The quantitative estimate of drug-likeness (QED) is 0.578. The zero-order valence-corrected chi connectivity index (χ0v) is 19.3. The molecule has 166 valence electrons. The van der Waals surface area contributed by atoms with Crippen molar-refractivity contribution in [3.05, 3.63) is 70.9 Å². The van der Waals surface area contributed by atoms with Crippen LogP contribution in [0.2, 0.25) is 0 Å². The Hall–Kier alpha value is -2.61. The van der Waals surface area contributed by atoms with E-state index in [-0.39, 0.29) is 11.9 Å². The third-order valence-electron chi connectivity index (χ3n) is 6.38. The molecule has 1 amide bonds. The summed E-state index contributed by atoms with van der Waals surface area (Å²) in [5.41, 5.74) is 5.81. The molecule has 2 aromatic carbocycles. The summed E-state index contributed by atoms with van der Waals surface area (Å²) in [4.78, 5) is 19.1. The van der Waals surface area contributed by atoms with Crippen molar-refractivity contribution < 1.29 is 9.53 Å². The Morgan fingerprint density at radius 2 is 1.78 bits per heavy atom. The molecule has 0 radical (unpaired) electrons. The van der Waals surface area contributed by atoms with Gasteiger partial charge in [-0.05, 0) is 30.9 Å². The first-order chi connectivity index (χ1) is 15.7. The van der Waals surface area contributed by atoms with Gasteiger partial charge in [0.2, 0.25) is 0 Å². The number of benzene rings is 2. The van der Waals surface area contributed by atoms with Gasteiger partial charge in [-0.1, -0.05) is 42.0 Å². The summed E-state index contributed by atoms with van der Waals surface area (Å²) in [5.74, 6) is 0.0260. The molecule has 1 N–H and O–H groups in total. The van der Waals surface area contributed by atoms with Crippen LogP contribution in [-0.2, 0) is 4.74 Å². The van der Waals surface area contributed by atoms with Crippen LogP contribution in [0.25, 0.3) is 11.3 Å². The molecular weight excluding hydrogens is 420 g/mol. The highest BCUT2D eigenvalue weighted by Gasteiger charge is 2.42. The number of carbonyl (C=O) groups excluding carboxylic acids is 1. The number of morpholine rings is 1. The molecule has 0 aliphatic carbocycles. The maximum atomic E-state index is 13.5. The molecule has 5 rings (SSSR count). The summed E-state index contributed by atoms with van der Waals surface area (Å²) in [6.45, 7) is 6.93. The van der Waals surface area contributed by atoms with Gasteiger partial charge in [-0.3, -0.25) is 14.8 Å². The molecule has 1 saturated heterocycles. The molecule has 0 saturated carbocycles. The number of aromatic amines is 1. The normalized spacial score (nSPS) is 18.9. The second kappa shape index (κ2) is 9.10. The smallest absolute Gasteiger partial charge is 0.273 e. The molecule has 3 heterocycles. The Morgan fingerprint density at radius 1 is 1.06 bits per heavy atom. The predicted molar refractivity (Wildman–Crippen MR) is 127 cm³/mol. The number of fused-ring (bicyclic) bond motifs is 1. The zero-order valence-electron chi connectivity index (χ0n) is 18.5. The Morgan fingerprint density at radius 3 is 2.47 bits per heavy atom. The molecule has 2 aliphatic heterocycles. The molecule has 1 aromatic heterocycles. The van der Waals surface area contributed by atoms with Crippen molar-refractivity contribution in [3.63, 3.8) is 0 Å². The molecule has 3 aromatic rings. The molecule has 1 atom stereocenters. The topological polar surface area (TPSA) is 61.5 Å². The number of amides is 1. The highest BCUT2D eigenvalue weighted by atomic mass is 32.2. The Balaban J connectivity index is 1.52. The molecule has 1 unspecified atom stereocenters. The van der Waals surface area contributed by atoms with E-state index in [9.17, 15) is 4.79 Å². The van der Waals surface area contributed by atoms with Crippen molar-refractivity contribution in [2.75, 3.05) is 45.6 Å². The van der Waals surface area contributed by atoms with E-state index in [0.717, 1.165) is 55.2 Å². The number of nitrogens with zero attached hydrogens (tertiary/aromatic N) is 3. The van der Waals surface area contributed by atoms with Crippen molar-refractivity contribution in [1.29, 1.82) is 0 Å². The van der Waals surface area contributed by atoms with E-state index in [1.807, 2.05) is 4.90 Å². The summed E-state index contributed by atoms with van der Waals surface area (Å²) in [5, 5.41) is 7.64. The average Bonchev–Trinajstić information content (AvgIpc) is 3.38. The monoisotopic (exact) mass is 448 g/mol. The lowest BCUT2D eigenvalue weighted by Crippen LogP contribution is -2.42. The van der Waals surface area contributed by atoms with E-state index in [4.69, 9.17) is 4.74 Å². The van der Waals surface area contributed by atoms with E-state index in [0.29, 0.717) is 12.2 Å². The lowest BCUT2D eigenvalue weighted by atomic mass is 9.96. The van der Waals surface area contributed by atoms with Gasteiger partial charge >= 0.3 is 0 Å². The molecule has 7 heteroatoms. The van der Waals surface area contributed by atoms with Gasteiger partial charge in [0.1, 0.15) is 5.69 Å². The van der Waals surface area contributed by atoms with Gasteiger partial charge in [0.15, 0.2) is 0 Å². The van der Waals surface area contributed by atoms with Gasteiger partial charge in [-0.25, -0.2) is 0 Å². The maximum absolute atomic E-state index is 13.5. The third-order valence-corrected chi connectivity index (χ3v) is 7.12. The first kappa shape index (κ1) is 21.2. The average molecular weight is 449 g/mol. The van der Waals surface area contributed by atoms with Gasteiger partial charge in [0, 0.05) is 42.2 Å². The van der Waals surface area contributed by atoms with Gasteiger partial charge in [-0.15, -0.1) is 11.8 Å². The molecule has 0 spiro atoms. The summed E-state index contributed by atoms with van der Waals surface area (Å²) in [6, 6.07) is 16.8. The van der Waals surface area contributed by atoms with Crippen molar-refractivity contribution in [3.8, 4) is 11.3 Å². The second-order valence-corrected chi connectivity index (χ2v) is 9.23. The van der Waals surface area contributed by atoms with E-state index >= 15 is 0 Å². The summed E-state index contributed by atoms with van der Waals surface area (Å²) in [6.07, 6.45) is 2.08. The first-order valence-corrected chi connectivity index (χ1v) is 12.3.